The maximum absolute atomic E-state index is 12.9. The van der Waals surface area contributed by atoms with Gasteiger partial charge < -0.3 is 14.8 Å². The quantitative estimate of drug-likeness (QED) is 0.519. The predicted octanol–water partition coefficient (Wildman–Crippen LogP) is 5.56. The van der Waals surface area contributed by atoms with Crippen molar-refractivity contribution < 1.29 is 4.79 Å². The molecule has 2 amide bonds. The van der Waals surface area contributed by atoms with Crippen LogP contribution in [-0.4, -0.2) is 22.0 Å². The minimum atomic E-state index is -0.0481. The summed E-state index contributed by atoms with van der Waals surface area (Å²) in [6.07, 6.45) is 2.04. The molecule has 0 spiro atoms. The number of carbonyl (C=O) groups excluding carboxylic acids is 1. The van der Waals surface area contributed by atoms with E-state index in [0.29, 0.717) is 32.1 Å². The van der Waals surface area contributed by atoms with Gasteiger partial charge in [-0.25, -0.2) is 4.79 Å². The minimum Gasteiger partial charge on any atom is -0.345 e. The van der Waals surface area contributed by atoms with Gasteiger partial charge in [-0.2, -0.15) is 0 Å². The van der Waals surface area contributed by atoms with Crippen LogP contribution in [0.15, 0.2) is 72.9 Å². The molecule has 152 valence electrons. The van der Waals surface area contributed by atoms with Crippen molar-refractivity contribution >= 4 is 17.6 Å². The molecule has 0 bridgehead atoms. The van der Waals surface area contributed by atoms with Crippen molar-refractivity contribution in [2.24, 2.45) is 5.92 Å². The molecule has 1 aromatic heterocycles. The summed E-state index contributed by atoms with van der Waals surface area (Å²) in [5.41, 5.74) is 3.24. The maximum atomic E-state index is 12.9. The molecule has 0 aliphatic heterocycles. The van der Waals surface area contributed by atoms with Crippen LogP contribution < -0.4 is 5.32 Å². The van der Waals surface area contributed by atoms with E-state index >= 15 is 0 Å². The van der Waals surface area contributed by atoms with Gasteiger partial charge in [0.1, 0.15) is 0 Å². The second-order valence-corrected chi connectivity index (χ2v) is 8.04. The first-order chi connectivity index (χ1) is 14.0. The minimum absolute atomic E-state index is 0.0481. The molecular weight excluding hydrogens is 382 g/mol. The average molecular weight is 410 g/mol. The SMILES string of the molecule is CC(C)CN(Cc1cccn1Cc1ccccc1Cl)C(=O)NCc1ccccc1. The molecule has 5 heteroatoms. The summed E-state index contributed by atoms with van der Waals surface area (Å²) in [6, 6.07) is 21.9. The summed E-state index contributed by atoms with van der Waals surface area (Å²) in [4.78, 5) is 14.8. The van der Waals surface area contributed by atoms with E-state index in [0.717, 1.165) is 21.8 Å². The Morgan fingerprint density at radius 3 is 2.48 bits per heavy atom. The van der Waals surface area contributed by atoms with Crippen molar-refractivity contribution in [1.82, 2.24) is 14.8 Å². The second kappa shape index (κ2) is 10.2. The average Bonchev–Trinajstić information content (AvgIpc) is 3.14. The highest BCUT2D eigenvalue weighted by Gasteiger charge is 2.17. The Hall–Kier alpha value is -2.72. The highest BCUT2D eigenvalue weighted by atomic mass is 35.5. The van der Waals surface area contributed by atoms with Crippen molar-refractivity contribution in [3.8, 4) is 0 Å². The summed E-state index contributed by atoms with van der Waals surface area (Å²) in [6.45, 7) is 6.70. The Labute approximate surface area is 178 Å². The van der Waals surface area contributed by atoms with Gasteiger partial charge in [0.2, 0.25) is 0 Å². The Balaban J connectivity index is 1.69. The Bertz CT molecular complexity index is 921. The lowest BCUT2D eigenvalue weighted by molar-refractivity contribution is 0.186. The number of hydrogen-bond acceptors (Lipinski definition) is 1. The molecule has 3 aromatic rings. The van der Waals surface area contributed by atoms with E-state index in [9.17, 15) is 4.79 Å². The summed E-state index contributed by atoms with van der Waals surface area (Å²) < 4.78 is 2.15. The van der Waals surface area contributed by atoms with Crippen LogP contribution in [0, 0.1) is 5.92 Å². The van der Waals surface area contributed by atoms with Crippen LogP contribution in [-0.2, 0) is 19.6 Å². The fourth-order valence-electron chi connectivity index (χ4n) is 3.30. The molecule has 4 nitrogen and oxygen atoms in total. The number of hydrogen-bond donors (Lipinski definition) is 1. The van der Waals surface area contributed by atoms with Crippen molar-refractivity contribution in [1.29, 1.82) is 0 Å². The molecule has 0 aliphatic carbocycles. The number of benzene rings is 2. The van der Waals surface area contributed by atoms with Crippen LogP contribution in [0.1, 0.15) is 30.7 Å². The Kier molecular flexibility index (Phi) is 7.36. The fourth-order valence-corrected chi connectivity index (χ4v) is 3.49. The van der Waals surface area contributed by atoms with Crippen LogP contribution in [0.2, 0.25) is 5.02 Å². The molecule has 1 N–H and O–H groups in total. The number of urea groups is 1. The zero-order valence-electron chi connectivity index (χ0n) is 17.0. The van der Waals surface area contributed by atoms with E-state index < -0.39 is 0 Å². The molecule has 0 unspecified atom stereocenters. The topological polar surface area (TPSA) is 37.3 Å². The standard InChI is InChI=1S/C24H28ClN3O/c1-19(2)16-28(24(29)26-15-20-9-4-3-5-10-20)18-22-12-8-14-27(22)17-21-11-6-7-13-23(21)25/h3-14,19H,15-18H2,1-2H3,(H,26,29). The molecule has 0 fully saturated rings. The summed E-state index contributed by atoms with van der Waals surface area (Å²) in [7, 11) is 0. The fraction of sp³-hybridized carbons (Fsp3) is 0.292. The molecule has 0 aliphatic rings. The smallest absolute Gasteiger partial charge is 0.318 e. The number of aromatic nitrogens is 1. The van der Waals surface area contributed by atoms with Gasteiger partial charge in [-0.15, -0.1) is 0 Å². The van der Waals surface area contributed by atoms with Gasteiger partial charge in [0.15, 0.2) is 0 Å². The van der Waals surface area contributed by atoms with Gasteiger partial charge in [0, 0.05) is 36.5 Å². The van der Waals surface area contributed by atoms with Gasteiger partial charge in [-0.05, 0) is 35.2 Å². The van der Waals surface area contributed by atoms with E-state index in [4.69, 9.17) is 11.6 Å². The normalized spacial score (nSPS) is 10.9. The van der Waals surface area contributed by atoms with Crippen LogP contribution >= 0.6 is 11.6 Å². The first-order valence-corrected chi connectivity index (χ1v) is 10.3. The molecule has 3 rings (SSSR count). The number of carbonyl (C=O) groups is 1. The number of amides is 2. The zero-order valence-corrected chi connectivity index (χ0v) is 17.8. The zero-order chi connectivity index (χ0) is 20.6. The Morgan fingerprint density at radius 2 is 1.76 bits per heavy atom. The van der Waals surface area contributed by atoms with Gasteiger partial charge in [-0.1, -0.05) is 74.0 Å². The molecule has 0 radical (unpaired) electrons. The van der Waals surface area contributed by atoms with Crippen molar-refractivity contribution in [3.05, 3.63) is 94.8 Å². The van der Waals surface area contributed by atoms with Gasteiger partial charge in [0.25, 0.3) is 0 Å². The first kappa shape index (κ1) is 21.0. The van der Waals surface area contributed by atoms with Crippen LogP contribution in [0.25, 0.3) is 0 Å². The molecular formula is C24H28ClN3O. The molecule has 1 heterocycles. The maximum Gasteiger partial charge on any atom is 0.318 e. The largest absolute Gasteiger partial charge is 0.345 e. The molecule has 0 atom stereocenters. The van der Waals surface area contributed by atoms with E-state index in [1.807, 2.05) is 71.8 Å². The number of nitrogens with one attached hydrogen (secondary N) is 1. The first-order valence-electron chi connectivity index (χ1n) is 9.97. The number of rotatable bonds is 8. The molecule has 0 saturated heterocycles. The lowest BCUT2D eigenvalue weighted by Crippen LogP contribution is -2.41. The third-order valence-electron chi connectivity index (χ3n) is 4.73. The lowest BCUT2D eigenvalue weighted by atomic mass is 10.2. The monoisotopic (exact) mass is 409 g/mol. The van der Waals surface area contributed by atoms with Crippen molar-refractivity contribution in [2.45, 2.75) is 33.5 Å². The Morgan fingerprint density at radius 1 is 1.03 bits per heavy atom. The van der Waals surface area contributed by atoms with E-state index in [1.165, 1.54) is 0 Å². The highest BCUT2D eigenvalue weighted by Crippen LogP contribution is 2.18. The van der Waals surface area contributed by atoms with Gasteiger partial charge in [-0.3, -0.25) is 0 Å². The summed E-state index contributed by atoms with van der Waals surface area (Å²) in [5, 5.41) is 3.81. The van der Waals surface area contributed by atoms with Crippen molar-refractivity contribution in [2.75, 3.05) is 6.54 Å². The highest BCUT2D eigenvalue weighted by molar-refractivity contribution is 6.31. The van der Waals surface area contributed by atoms with Crippen molar-refractivity contribution in [3.63, 3.8) is 0 Å². The van der Waals surface area contributed by atoms with E-state index in [2.05, 4.69) is 29.8 Å². The number of nitrogens with zero attached hydrogens (tertiary/aromatic N) is 2. The van der Waals surface area contributed by atoms with Crippen LogP contribution in [0.3, 0.4) is 0 Å². The lowest BCUT2D eigenvalue weighted by Gasteiger charge is -2.26. The summed E-state index contributed by atoms with van der Waals surface area (Å²) in [5.74, 6) is 0.379. The predicted molar refractivity (Wildman–Crippen MR) is 119 cm³/mol. The van der Waals surface area contributed by atoms with E-state index in [1.54, 1.807) is 0 Å². The van der Waals surface area contributed by atoms with E-state index in [-0.39, 0.29) is 6.03 Å². The van der Waals surface area contributed by atoms with Gasteiger partial charge in [0.05, 0.1) is 6.54 Å². The third-order valence-corrected chi connectivity index (χ3v) is 5.10. The van der Waals surface area contributed by atoms with Crippen LogP contribution in [0.4, 0.5) is 4.79 Å². The van der Waals surface area contributed by atoms with Crippen LogP contribution in [0.5, 0.6) is 0 Å². The number of halogens is 1. The third kappa shape index (κ3) is 6.13. The summed E-state index contributed by atoms with van der Waals surface area (Å²) >= 11 is 6.33. The molecule has 29 heavy (non-hydrogen) atoms. The second-order valence-electron chi connectivity index (χ2n) is 7.64. The molecule has 0 saturated carbocycles. The van der Waals surface area contributed by atoms with Gasteiger partial charge >= 0.3 is 6.03 Å². The molecule has 2 aromatic carbocycles.